The van der Waals surface area contributed by atoms with Crippen LogP contribution < -0.4 is 11.1 Å². The maximum absolute atomic E-state index is 11.5. The van der Waals surface area contributed by atoms with Crippen LogP contribution in [-0.4, -0.2) is 44.0 Å². The van der Waals surface area contributed by atoms with Crippen LogP contribution in [0.25, 0.3) is 0 Å². The number of carbonyl (C=O) groups excluding carboxylic acids is 1. The van der Waals surface area contributed by atoms with Crippen molar-refractivity contribution in [3.8, 4) is 0 Å². The second-order valence-electron chi connectivity index (χ2n) is 4.60. The summed E-state index contributed by atoms with van der Waals surface area (Å²) in [6, 6.07) is -0.132. The van der Waals surface area contributed by atoms with Crippen LogP contribution in [0.4, 0.5) is 0 Å². The Morgan fingerprint density at radius 1 is 1.33 bits per heavy atom. The van der Waals surface area contributed by atoms with E-state index in [1.807, 2.05) is 6.92 Å². The number of nitrogens with two attached hydrogens (primary N) is 1. The van der Waals surface area contributed by atoms with E-state index >= 15 is 0 Å². The fourth-order valence-electron chi connectivity index (χ4n) is 1.39. The fourth-order valence-corrected chi connectivity index (χ4v) is 1.39. The van der Waals surface area contributed by atoms with Crippen molar-refractivity contribution in [2.75, 3.05) is 27.2 Å². The van der Waals surface area contributed by atoms with Crippen LogP contribution in [0.1, 0.15) is 20.8 Å². The quantitative estimate of drug-likeness (QED) is 0.669. The predicted molar refractivity (Wildman–Crippen MR) is 63.5 cm³/mol. The van der Waals surface area contributed by atoms with Gasteiger partial charge in [-0.3, -0.25) is 4.79 Å². The number of nitrogens with zero attached hydrogens (tertiary/aromatic N) is 1. The zero-order chi connectivity index (χ0) is 12.0. The first kappa shape index (κ1) is 14.4. The molecule has 4 heteroatoms. The number of amides is 1. The van der Waals surface area contributed by atoms with Gasteiger partial charge in [0, 0.05) is 20.6 Å². The van der Waals surface area contributed by atoms with Crippen molar-refractivity contribution in [3.63, 3.8) is 0 Å². The Labute approximate surface area is 93.2 Å². The third-order valence-electron chi connectivity index (χ3n) is 2.74. The Morgan fingerprint density at radius 3 is 2.20 bits per heavy atom. The minimum atomic E-state index is -0.132. The van der Waals surface area contributed by atoms with Crippen molar-refractivity contribution < 1.29 is 4.79 Å². The molecular weight excluding hydrogens is 190 g/mol. The average molecular weight is 215 g/mol. The highest BCUT2D eigenvalue weighted by atomic mass is 16.2. The summed E-state index contributed by atoms with van der Waals surface area (Å²) in [5.41, 5.74) is 5.66. The van der Waals surface area contributed by atoms with E-state index in [-0.39, 0.29) is 11.9 Å². The third kappa shape index (κ3) is 5.14. The molecule has 0 aliphatic carbocycles. The molecule has 4 nitrogen and oxygen atoms in total. The fraction of sp³-hybridized carbons (Fsp3) is 0.909. The monoisotopic (exact) mass is 215 g/mol. The lowest BCUT2D eigenvalue weighted by atomic mass is 9.96. The largest absolute Gasteiger partial charge is 0.347 e. The van der Waals surface area contributed by atoms with E-state index in [2.05, 4.69) is 19.2 Å². The Bertz CT molecular complexity index is 192. The van der Waals surface area contributed by atoms with Gasteiger partial charge in [-0.1, -0.05) is 13.8 Å². The zero-order valence-corrected chi connectivity index (χ0v) is 10.6. The number of carbonyl (C=O) groups is 1. The molecule has 90 valence electrons. The molecule has 0 radical (unpaired) electrons. The standard InChI is InChI=1S/C11H25N3O/c1-8(2)10(6-12)7-13-9(3)11(15)14(4)5/h8-10,13H,6-7,12H2,1-5H3. The maximum atomic E-state index is 11.5. The van der Waals surface area contributed by atoms with Gasteiger partial charge in [0.1, 0.15) is 0 Å². The van der Waals surface area contributed by atoms with Crippen LogP contribution in [0.3, 0.4) is 0 Å². The van der Waals surface area contributed by atoms with Crippen molar-refractivity contribution in [3.05, 3.63) is 0 Å². The molecule has 0 aromatic heterocycles. The Morgan fingerprint density at radius 2 is 1.87 bits per heavy atom. The lowest BCUT2D eigenvalue weighted by Crippen LogP contribution is -2.44. The first-order valence-electron chi connectivity index (χ1n) is 5.54. The van der Waals surface area contributed by atoms with Gasteiger partial charge >= 0.3 is 0 Å². The molecule has 0 aromatic carbocycles. The van der Waals surface area contributed by atoms with Crippen molar-refractivity contribution in [1.82, 2.24) is 10.2 Å². The topological polar surface area (TPSA) is 58.4 Å². The van der Waals surface area contributed by atoms with Crippen LogP contribution in [0.5, 0.6) is 0 Å². The zero-order valence-electron chi connectivity index (χ0n) is 10.6. The molecule has 15 heavy (non-hydrogen) atoms. The number of likely N-dealkylation sites (N-methyl/N-ethyl adjacent to an activating group) is 1. The Hall–Kier alpha value is -0.610. The van der Waals surface area contributed by atoms with Gasteiger partial charge in [-0.05, 0) is 25.3 Å². The van der Waals surface area contributed by atoms with Crippen LogP contribution in [0.2, 0.25) is 0 Å². The van der Waals surface area contributed by atoms with Crippen LogP contribution in [-0.2, 0) is 4.79 Å². The van der Waals surface area contributed by atoms with Gasteiger partial charge < -0.3 is 16.0 Å². The number of nitrogens with one attached hydrogen (secondary N) is 1. The molecule has 0 bridgehead atoms. The summed E-state index contributed by atoms with van der Waals surface area (Å²) in [6.07, 6.45) is 0. The van der Waals surface area contributed by atoms with E-state index in [4.69, 9.17) is 5.73 Å². The Kier molecular flexibility index (Phi) is 6.52. The van der Waals surface area contributed by atoms with Crippen molar-refractivity contribution >= 4 is 5.91 Å². The van der Waals surface area contributed by atoms with Gasteiger partial charge in [-0.25, -0.2) is 0 Å². The molecule has 0 fully saturated rings. The van der Waals surface area contributed by atoms with Crippen molar-refractivity contribution in [1.29, 1.82) is 0 Å². The van der Waals surface area contributed by atoms with Crippen molar-refractivity contribution in [2.24, 2.45) is 17.6 Å². The van der Waals surface area contributed by atoms with E-state index in [0.29, 0.717) is 18.4 Å². The normalized spacial score (nSPS) is 15.1. The average Bonchev–Trinajstić information content (AvgIpc) is 2.16. The summed E-state index contributed by atoms with van der Waals surface area (Å²) in [5.74, 6) is 1.08. The van der Waals surface area contributed by atoms with E-state index in [0.717, 1.165) is 6.54 Å². The smallest absolute Gasteiger partial charge is 0.238 e. The molecule has 0 saturated heterocycles. The summed E-state index contributed by atoms with van der Waals surface area (Å²) < 4.78 is 0. The summed E-state index contributed by atoms with van der Waals surface area (Å²) >= 11 is 0. The molecule has 0 saturated carbocycles. The van der Waals surface area contributed by atoms with Gasteiger partial charge in [-0.2, -0.15) is 0 Å². The van der Waals surface area contributed by atoms with Gasteiger partial charge in [0.2, 0.25) is 5.91 Å². The molecular formula is C11H25N3O. The molecule has 0 aromatic rings. The first-order valence-corrected chi connectivity index (χ1v) is 5.54. The highest BCUT2D eigenvalue weighted by Crippen LogP contribution is 2.07. The molecule has 1 amide bonds. The summed E-state index contributed by atoms with van der Waals surface area (Å²) in [7, 11) is 3.53. The van der Waals surface area contributed by atoms with Gasteiger partial charge in [0.05, 0.1) is 6.04 Å². The minimum Gasteiger partial charge on any atom is -0.347 e. The summed E-state index contributed by atoms with van der Waals surface area (Å²) in [4.78, 5) is 13.1. The van der Waals surface area contributed by atoms with Gasteiger partial charge in [0.25, 0.3) is 0 Å². The Balaban J connectivity index is 3.98. The summed E-state index contributed by atoms with van der Waals surface area (Å²) in [5, 5.41) is 3.22. The molecule has 0 heterocycles. The molecule has 3 N–H and O–H groups in total. The maximum Gasteiger partial charge on any atom is 0.238 e. The molecule has 0 rings (SSSR count). The highest BCUT2D eigenvalue weighted by molar-refractivity contribution is 5.80. The molecule has 0 spiro atoms. The lowest BCUT2D eigenvalue weighted by Gasteiger charge is -2.23. The van der Waals surface area contributed by atoms with Crippen LogP contribution in [0, 0.1) is 11.8 Å². The highest BCUT2D eigenvalue weighted by Gasteiger charge is 2.17. The van der Waals surface area contributed by atoms with E-state index in [1.54, 1.807) is 19.0 Å². The molecule has 0 aliphatic heterocycles. The SMILES string of the molecule is CC(NCC(CN)C(C)C)C(=O)N(C)C. The van der Waals surface area contributed by atoms with Crippen molar-refractivity contribution in [2.45, 2.75) is 26.8 Å². The molecule has 0 aliphatic rings. The van der Waals surface area contributed by atoms with E-state index in [1.165, 1.54) is 0 Å². The lowest BCUT2D eigenvalue weighted by molar-refractivity contribution is -0.130. The molecule has 2 unspecified atom stereocenters. The second kappa shape index (κ2) is 6.80. The van der Waals surface area contributed by atoms with Gasteiger partial charge in [0.15, 0.2) is 0 Å². The summed E-state index contributed by atoms with van der Waals surface area (Å²) in [6.45, 7) is 7.65. The molecule has 2 atom stereocenters. The second-order valence-corrected chi connectivity index (χ2v) is 4.60. The first-order chi connectivity index (χ1) is 6.90. The minimum absolute atomic E-state index is 0.106. The van der Waals surface area contributed by atoms with Crippen LogP contribution >= 0.6 is 0 Å². The number of rotatable bonds is 6. The predicted octanol–water partition coefficient (Wildman–Crippen LogP) is 0.284. The van der Waals surface area contributed by atoms with Gasteiger partial charge in [-0.15, -0.1) is 0 Å². The third-order valence-corrected chi connectivity index (χ3v) is 2.74. The van der Waals surface area contributed by atoms with E-state index < -0.39 is 0 Å². The van der Waals surface area contributed by atoms with E-state index in [9.17, 15) is 4.79 Å². The van der Waals surface area contributed by atoms with Crippen LogP contribution in [0.15, 0.2) is 0 Å². The number of hydrogen-bond acceptors (Lipinski definition) is 3. The number of hydrogen-bond donors (Lipinski definition) is 2.